The summed E-state index contributed by atoms with van der Waals surface area (Å²) in [6, 6.07) is 1.89. The van der Waals surface area contributed by atoms with Crippen LogP contribution < -0.4 is 11.1 Å². The normalized spacial score (nSPS) is 11.4. The van der Waals surface area contributed by atoms with Gasteiger partial charge in [0.2, 0.25) is 5.91 Å². The highest BCUT2D eigenvalue weighted by Gasteiger charge is 2.19. The molecule has 12 heteroatoms. The van der Waals surface area contributed by atoms with Crippen molar-refractivity contribution in [3.05, 3.63) is 44.0 Å². The van der Waals surface area contributed by atoms with Crippen LogP contribution in [0.25, 0.3) is 0 Å². The minimum absolute atomic E-state index is 0.0805. The molecule has 0 bridgehead atoms. The van der Waals surface area contributed by atoms with Crippen LogP contribution in [0.2, 0.25) is 0 Å². The van der Waals surface area contributed by atoms with Crippen LogP contribution in [0.5, 0.6) is 0 Å². The number of non-ortho nitro benzene ring substituents is 2. The van der Waals surface area contributed by atoms with Crippen molar-refractivity contribution < 1.29 is 24.2 Å². The Hall–Kier alpha value is -2.79. The van der Waals surface area contributed by atoms with Gasteiger partial charge >= 0.3 is 5.97 Å². The number of benzene rings is 1. The van der Waals surface area contributed by atoms with E-state index < -0.39 is 45.7 Å². The van der Waals surface area contributed by atoms with Crippen molar-refractivity contribution in [3.63, 3.8) is 0 Å². The Morgan fingerprint density at radius 2 is 1.76 bits per heavy atom. The SMILES string of the molecule is NC(CCNC(=O)CCl)C(=O)OCc1cc([N+](=O)[O-])cc([N+](=O)[O-])c1. The maximum absolute atomic E-state index is 11.7. The van der Waals surface area contributed by atoms with Gasteiger partial charge in [-0.1, -0.05) is 0 Å². The van der Waals surface area contributed by atoms with Crippen LogP contribution in [0.3, 0.4) is 0 Å². The van der Waals surface area contributed by atoms with E-state index in [4.69, 9.17) is 22.1 Å². The molecular formula is C13H15ClN4O7. The molecule has 1 amide bonds. The van der Waals surface area contributed by atoms with Crippen LogP contribution in [0, 0.1) is 20.2 Å². The summed E-state index contributed by atoms with van der Waals surface area (Å²) < 4.78 is 4.90. The molecule has 0 aliphatic heterocycles. The third kappa shape index (κ3) is 6.69. The van der Waals surface area contributed by atoms with Crippen LogP contribution in [0.4, 0.5) is 11.4 Å². The molecule has 0 saturated carbocycles. The standard InChI is InChI=1S/C13H15ClN4O7/c14-6-12(19)16-2-1-11(15)13(20)25-7-8-3-9(17(21)22)5-10(4-8)18(23)24/h3-5,11H,1-2,6-7,15H2,(H,16,19). The number of nitrogens with two attached hydrogens (primary N) is 1. The number of nitrogens with zero attached hydrogens (tertiary/aromatic N) is 2. The number of alkyl halides is 1. The number of nitro benzene ring substituents is 2. The quantitative estimate of drug-likeness (QED) is 0.274. The van der Waals surface area contributed by atoms with Crippen molar-refractivity contribution in [2.75, 3.05) is 12.4 Å². The maximum Gasteiger partial charge on any atom is 0.323 e. The molecule has 0 aromatic heterocycles. The number of carbonyl (C=O) groups is 2. The number of ether oxygens (including phenoxy) is 1. The van der Waals surface area contributed by atoms with E-state index in [9.17, 15) is 29.8 Å². The van der Waals surface area contributed by atoms with E-state index in [0.29, 0.717) is 0 Å². The fourth-order valence-electron chi connectivity index (χ4n) is 1.74. The van der Waals surface area contributed by atoms with E-state index in [-0.39, 0.29) is 24.4 Å². The molecule has 1 rings (SSSR count). The average Bonchev–Trinajstić information content (AvgIpc) is 2.58. The summed E-state index contributed by atoms with van der Waals surface area (Å²) in [4.78, 5) is 42.7. The first-order chi connectivity index (χ1) is 11.7. The molecule has 0 radical (unpaired) electrons. The van der Waals surface area contributed by atoms with Crippen molar-refractivity contribution in [1.82, 2.24) is 5.32 Å². The molecule has 0 saturated heterocycles. The zero-order chi connectivity index (χ0) is 19.0. The van der Waals surface area contributed by atoms with Crippen LogP contribution >= 0.6 is 11.6 Å². The lowest BCUT2D eigenvalue weighted by molar-refractivity contribution is -0.394. The van der Waals surface area contributed by atoms with Gasteiger partial charge in [-0.25, -0.2) is 0 Å². The number of rotatable bonds is 9. The van der Waals surface area contributed by atoms with Crippen molar-refractivity contribution in [2.24, 2.45) is 5.73 Å². The van der Waals surface area contributed by atoms with Crippen LogP contribution in [0.1, 0.15) is 12.0 Å². The zero-order valence-corrected chi connectivity index (χ0v) is 13.6. The summed E-state index contributed by atoms with van der Waals surface area (Å²) in [5, 5.41) is 24.0. The molecule has 1 atom stereocenters. The molecule has 0 spiro atoms. The first-order valence-electron chi connectivity index (χ1n) is 6.92. The summed E-state index contributed by atoms with van der Waals surface area (Å²) in [7, 11) is 0. The van der Waals surface area contributed by atoms with E-state index in [2.05, 4.69) is 5.32 Å². The lowest BCUT2D eigenvalue weighted by atomic mass is 10.2. The van der Waals surface area contributed by atoms with Crippen LogP contribution in [-0.4, -0.2) is 40.2 Å². The van der Waals surface area contributed by atoms with Gasteiger partial charge in [-0.3, -0.25) is 29.8 Å². The first-order valence-corrected chi connectivity index (χ1v) is 7.45. The summed E-state index contributed by atoms with van der Waals surface area (Å²) in [5.41, 5.74) is 4.69. The lowest BCUT2D eigenvalue weighted by Gasteiger charge is -2.12. The fraction of sp³-hybridized carbons (Fsp3) is 0.385. The summed E-state index contributed by atoms with van der Waals surface area (Å²) in [6.45, 7) is -0.298. The number of hydrogen-bond acceptors (Lipinski definition) is 8. The number of nitro groups is 2. The van der Waals surface area contributed by atoms with E-state index in [1.807, 2.05) is 0 Å². The van der Waals surface area contributed by atoms with Gasteiger partial charge in [0, 0.05) is 24.2 Å². The lowest BCUT2D eigenvalue weighted by Crippen LogP contribution is -2.37. The number of halogens is 1. The minimum Gasteiger partial charge on any atom is -0.460 e. The molecular weight excluding hydrogens is 360 g/mol. The Labute approximate surface area is 146 Å². The van der Waals surface area contributed by atoms with Gasteiger partial charge in [0.15, 0.2) is 0 Å². The Morgan fingerprint density at radius 3 is 2.24 bits per heavy atom. The van der Waals surface area contributed by atoms with Gasteiger partial charge in [0.1, 0.15) is 18.5 Å². The smallest absolute Gasteiger partial charge is 0.323 e. The Morgan fingerprint density at radius 1 is 1.20 bits per heavy atom. The topological polar surface area (TPSA) is 168 Å². The molecule has 136 valence electrons. The molecule has 1 unspecified atom stereocenters. The highest BCUT2D eigenvalue weighted by molar-refractivity contribution is 6.27. The molecule has 1 aromatic carbocycles. The van der Waals surface area contributed by atoms with Crippen molar-refractivity contribution >= 4 is 34.9 Å². The molecule has 1 aromatic rings. The summed E-state index contributed by atoms with van der Waals surface area (Å²) >= 11 is 5.29. The van der Waals surface area contributed by atoms with Gasteiger partial charge in [-0.15, -0.1) is 11.6 Å². The molecule has 25 heavy (non-hydrogen) atoms. The monoisotopic (exact) mass is 374 g/mol. The molecule has 0 fully saturated rings. The van der Waals surface area contributed by atoms with Crippen LogP contribution in [-0.2, 0) is 20.9 Å². The largest absolute Gasteiger partial charge is 0.460 e. The Balaban J connectivity index is 2.64. The third-order valence-corrected chi connectivity index (χ3v) is 3.21. The number of nitrogens with one attached hydrogen (secondary N) is 1. The molecule has 0 aliphatic rings. The first kappa shape index (κ1) is 20.3. The van der Waals surface area contributed by atoms with Gasteiger partial charge in [-0.05, 0) is 6.42 Å². The summed E-state index contributed by atoms with van der Waals surface area (Å²) in [6.07, 6.45) is 0.0938. The van der Waals surface area contributed by atoms with E-state index in [1.54, 1.807) is 0 Å². The number of carbonyl (C=O) groups excluding carboxylic acids is 2. The molecule has 11 nitrogen and oxygen atoms in total. The van der Waals surface area contributed by atoms with Gasteiger partial charge in [0.05, 0.1) is 15.9 Å². The minimum atomic E-state index is -1.04. The molecule has 0 heterocycles. The second-order valence-electron chi connectivity index (χ2n) is 4.86. The highest BCUT2D eigenvalue weighted by Crippen LogP contribution is 2.23. The molecule has 3 N–H and O–H groups in total. The second kappa shape index (κ2) is 9.49. The summed E-state index contributed by atoms with van der Waals surface area (Å²) in [5.74, 6) is -1.44. The number of esters is 1. The highest BCUT2D eigenvalue weighted by atomic mass is 35.5. The van der Waals surface area contributed by atoms with Crippen LogP contribution in [0.15, 0.2) is 18.2 Å². The van der Waals surface area contributed by atoms with E-state index in [1.165, 1.54) is 0 Å². The number of amides is 1. The third-order valence-electron chi connectivity index (χ3n) is 2.97. The average molecular weight is 375 g/mol. The predicted molar refractivity (Wildman–Crippen MR) is 85.9 cm³/mol. The van der Waals surface area contributed by atoms with Crippen molar-refractivity contribution in [1.29, 1.82) is 0 Å². The maximum atomic E-state index is 11.7. The van der Waals surface area contributed by atoms with E-state index >= 15 is 0 Å². The second-order valence-corrected chi connectivity index (χ2v) is 5.13. The fourth-order valence-corrected chi connectivity index (χ4v) is 1.84. The number of hydrogen-bond donors (Lipinski definition) is 2. The van der Waals surface area contributed by atoms with E-state index in [0.717, 1.165) is 18.2 Å². The van der Waals surface area contributed by atoms with Gasteiger partial charge in [0.25, 0.3) is 11.4 Å². The van der Waals surface area contributed by atoms with Crippen molar-refractivity contribution in [3.8, 4) is 0 Å². The van der Waals surface area contributed by atoms with Gasteiger partial charge < -0.3 is 15.8 Å². The van der Waals surface area contributed by atoms with Gasteiger partial charge in [-0.2, -0.15) is 0 Å². The predicted octanol–water partition coefficient (Wildman–Crippen LogP) is 0.619. The Bertz CT molecular complexity index is 650. The van der Waals surface area contributed by atoms with Crippen molar-refractivity contribution in [2.45, 2.75) is 19.1 Å². The molecule has 0 aliphatic carbocycles. The zero-order valence-electron chi connectivity index (χ0n) is 12.8. The Kier molecular flexibility index (Phi) is 7.69.